The summed E-state index contributed by atoms with van der Waals surface area (Å²) in [6, 6.07) is 8.08. The minimum atomic E-state index is -0.548. The summed E-state index contributed by atoms with van der Waals surface area (Å²) in [5.74, 6) is 0.474. The van der Waals surface area contributed by atoms with Gasteiger partial charge < -0.3 is 25.0 Å². The van der Waals surface area contributed by atoms with E-state index in [0.29, 0.717) is 48.1 Å². The summed E-state index contributed by atoms with van der Waals surface area (Å²) in [6.07, 6.45) is 0.674. The van der Waals surface area contributed by atoms with Crippen molar-refractivity contribution in [1.29, 1.82) is 0 Å². The SMILES string of the molecule is C=C1O[C@@H](CNC(=O)OC)CN1c1ccc(-c2ccc(N3CCNC3=O)nc2)c(F)c1. The molecule has 0 unspecified atom stereocenters. The predicted octanol–water partition coefficient (Wildman–Crippen LogP) is 2.45. The van der Waals surface area contributed by atoms with Crippen LogP contribution in [0, 0.1) is 5.82 Å². The van der Waals surface area contributed by atoms with Crippen molar-refractivity contribution in [2.24, 2.45) is 0 Å². The van der Waals surface area contributed by atoms with Crippen LogP contribution < -0.4 is 20.4 Å². The lowest BCUT2D eigenvalue weighted by Crippen LogP contribution is -2.34. The van der Waals surface area contributed by atoms with Gasteiger partial charge in [-0.05, 0) is 36.9 Å². The molecule has 10 heteroatoms. The topological polar surface area (TPSA) is 96.0 Å². The smallest absolute Gasteiger partial charge is 0.406 e. The van der Waals surface area contributed by atoms with Crippen molar-refractivity contribution in [2.75, 3.05) is 43.1 Å². The van der Waals surface area contributed by atoms with Crippen LogP contribution in [0.1, 0.15) is 0 Å². The third-order valence-corrected chi connectivity index (χ3v) is 5.11. The highest BCUT2D eigenvalue weighted by Gasteiger charge is 2.29. The molecule has 2 saturated heterocycles. The zero-order valence-electron chi connectivity index (χ0n) is 16.9. The molecule has 0 saturated carbocycles. The molecule has 2 aliphatic heterocycles. The van der Waals surface area contributed by atoms with E-state index in [9.17, 15) is 14.0 Å². The van der Waals surface area contributed by atoms with Crippen molar-refractivity contribution in [2.45, 2.75) is 6.10 Å². The number of methoxy groups -OCH3 is 1. The van der Waals surface area contributed by atoms with Gasteiger partial charge in [0.2, 0.25) is 0 Å². The molecular weight excluding hydrogens is 405 g/mol. The van der Waals surface area contributed by atoms with E-state index < -0.39 is 11.9 Å². The molecule has 3 amide bonds. The molecule has 1 aromatic carbocycles. The van der Waals surface area contributed by atoms with Crippen molar-refractivity contribution >= 4 is 23.6 Å². The number of urea groups is 1. The van der Waals surface area contributed by atoms with E-state index in [1.807, 2.05) is 0 Å². The fourth-order valence-corrected chi connectivity index (χ4v) is 3.52. The average molecular weight is 427 g/mol. The van der Waals surface area contributed by atoms with Gasteiger partial charge in [0.1, 0.15) is 17.7 Å². The van der Waals surface area contributed by atoms with Crippen molar-refractivity contribution in [3.63, 3.8) is 0 Å². The Hall–Kier alpha value is -3.82. The lowest BCUT2D eigenvalue weighted by atomic mass is 10.1. The molecule has 0 spiro atoms. The van der Waals surface area contributed by atoms with E-state index in [0.717, 1.165) is 0 Å². The molecule has 9 nitrogen and oxygen atoms in total. The summed E-state index contributed by atoms with van der Waals surface area (Å²) < 4.78 is 25.1. The maximum atomic E-state index is 14.9. The molecule has 162 valence electrons. The second-order valence-corrected chi connectivity index (χ2v) is 7.07. The lowest BCUT2D eigenvalue weighted by Gasteiger charge is -2.17. The van der Waals surface area contributed by atoms with Crippen molar-refractivity contribution < 1.29 is 23.5 Å². The summed E-state index contributed by atoms with van der Waals surface area (Å²) in [4.78, 5) is 30.6. The highest BCUT2D eigenvalue weighted by atomic mass is 19.1. The van der Waals surface area contributed by atoms with Gasteiger partial charge in [0.05, 0.1) is 20.2 Å². The van der Waals surface area contributed by atoms with Gasteiger partial charge in [-0.1, -0.05) is 0 Å². The van der Waals surface area contributed by atoms with Crippen molar-refractivity contribution in [3.8, 4) is 11.1 Å². The zero-order chi connectivity index (χ0) is 22.0. The van der Waals surface area contributed by atoms with Crippen LogP contribution in [-0.2, 0) is 9.47 Å². The molecular formula is C21H22FN5O4. The maximum absolute atomic E-state index is 14.9. The first kappa shape index (κ1) is 20.5. The van der Waals surface area contributed by atoms with Gasteiger partial charge in [-0.25, -0.2) is 19.0 Å². The minimum Gasteiger partial charge on any atom is -0.472 e. The Labute approximate surface area is 178 Å². The van der Waals surface area contributed by atoms with Crippen LogP contribution in [0.4, 0.5) is 25.5 Å². The van der Waals surface area contributed by atoms with Crippen molar-refractivity contribution in [3.05, 3.63) is 54.8 Å². The molecule has 2 N–H and O–H groups in total. The molecule has 0 aliphatic carbocycles. The number of nitrogens with zero attached hydrogens (tertiary/aromatic N) is 3. The first-order chi connectivity index (χ1) is 15.0. The fourth-order valence-electron chi connectivity index (χ4n) is 3.52. The zero-order valence-corrected chi connectivity index (χ0v) is 16.9. The number of rotatable bonds is 5. The Bertz CT molecular complexity index is 1010. The summed E-state index contributed by atoms with van der Waals surface area (Å²) in [5.41, 5.74) is 1.58. The number of alkyl carbamates (subject to hydrolysis) is 1. The molecule has 2 aliphatic rings. The Morgan fingerprint density at radius 2 is 2.23 bits per heavy atom. The number of anilines is 2. The number of aromatic nitrogens is 1. The van der Waals surface area contributed by atoms with Crippen LogP contribution in [-0.4, -0.2) is 56.5 Å². The Kier molecular flexibility index (Phi) is 5.61. The molecule has 31 heavy (non-hydrogen) atoms. The van der Waals surface area contributed by atoms with Crippen LogP contribution in [0.3, 0.4) is 0 Å². The van der Waals surface area contributed by atoms with E-state index in [1.165, 1.54) is 18.1 Å². The van der Waals surface area contributed by atoms with Gasteiger partial charge in [0.25, 0.3) is 0 Å². The Morgan fingerprint density at radius 1 is 1.39 bits per heavy atom. The predicted molar refractivity (Wildman–Crippen MR) is 112 cm³/mol. The Balaban J connectivity index is 1.46. The summed E-state index contributed by atoms with van der Waals surface area (Å²) >= 11 is 0. The number of carbonyl (C=O) groups is 2. The second-order valence-electron chi connectivity index (χ2n) is 7.07. The summed E-state index contributed by atoms with van der Waals surface area (Å²) in [7, 11) is 1.28. The minimum absolute atomic E-state index is 0.191. The maximum Gasteiger partial charge on any atom is 0.406 e. The van der Waals surface area contributed by atoms with Crippen molar-refractivity contribution in [1.82, 2.24) is 15.6 Å². The van der Waals surface area contributed by atoms with Gasteiger partial charge in [-0.3, -0.25) is 4.90 Å². The first-order valence-electron chi connectivity index (χ1n) is 9.72. The number of pyridine rings is 1. The van der Waals surface area contributed by atoms with Gasteiger partial charge in [-0.2, -0.15) is 0 Å². The van der Waals surface area contributed by atoms with Crippen LogP contribution in [0.5, 0.6) is 0 Å². The highest BCUT2D eigenvalue weighted by Crippen LogP contribution is 2.31. The average Bonchev–Trinajstić information content (AvgIpc) is 3.37. The summed E-state index contributed by atoms with van der Waals surface area (Å²) in [5, 5.41) is 5.29. The highest BCUT2D eigenvalue weighted by molar-refractivity contribution is 5.93. The molecule has 4 rings (SSSR count). The Morgan fingerprint density at radius 3 is 2.87 bits per heavy atom. The molecule has 1 aromatic heterocycles. The molecule has 0 bridgehead atoms. The van der Waals surface area contributed by atoms with E-state index in [-0.39, 0.29) is 18.7 Å². The van der Waals surface area contributed by atoms with Gasteiger partial charge in [0.15, 0.2) is 5.88 Å². The third kappa shape index (κ3) is 4.23. The number of carbonyl (C=O) groups excluding carboxylic acids is 2. The molecule has 3 heterocycles. The number of nitrogens with one attached hydrogen (secondary N) is 2. The summed E-state index contributed by atoms with van der Waals surface area (Å²) in [6.45, 7) is 5.64. The lowest BCUT2D eigenvalue weighted by molar-refractivity contribution is 0.145. The van der Waals surface area contributed by atoms with Gasteiger partial charge in [0, 0.05) is 36.1 Å². The number of hydrogen-bond acceptors (Lipinski definition) is 6. The van der Waals surface area contributed by atoms with E-state index >= 15 is 0 Å². The normalized spacial score (nSPS) is 18.1. The molecule has 2 fully saturated rings. The monoisotopic (exact) mass is 427 g/mol. The standard InChI is InChI=1S/C21H22FN5O4/c1-13-27(12-16(31-13)11-25-21(29)30-2)15-4-5-17(18(22)9-15)14-3-6-19(24-10-14)26-8-7-23-20(26)28/h3-6,9-10,16H,1,7-8,11-12H2,2H3,(H,23,28)(H,25,29)/t16-/m0/s1. The number of ether oxygens (including phenoxy) is 2. The van der Waals surface area contributed by atoms with E-state index in [4.69, 9.17) is 4.74 Å². The number of amides is 3. The molecule has 0 radical (unpaired) electrons. The van der Waals surface area contributed by atoms with E-state index in [2.05, 4.69) is 26.9 Å². The molecule has 1 atom stereocenters. The number of hydrogen-bond donors (Lipinski definition) is 2. The quantitative estimate of drug-likeness (QED) is 0.761. The first-order valence-corrected chi connectivity index (χ1v) is 9.72. The number of halogens is 1. The fraction of sp³-hybridized carbons (Fsp3) is 0.286. The van der Waals surface area contributed by atoms with Gasteiger partial charge in [-0.15, -0.1) is 0 Å². The molecule has 2 aromatic rings. The van der Waals surface area contributed by atoms with Crippen LogP contribution in [0.25, 0.3) is 11.1 Å². The van der Waals surface area contributed by atoms with Crippen LogP contribution in [0.2, 0.25) is 0 Å². The van der Waals surface area contributed by atoms with Gasteiger partial charge >= 0.3 is 12.1 Å². The largest absolute Gasteiger partial charge is 0.472 e. The van der Waals surface area contributed by atoms with E-state index in [1.54, 1.807) is 35.4 Å². The third-order valence-electron chi connectivity index (χ3n) is 5.11. The van der Waals surface area contributed by atoms with Crippen LogP contribution >= 0.6 is 0 Å². The van der Waals surface area contributed by atoms with Crippen LogP contribution in [0.15, 0.2) is 49.0 Å². The number of benzene rings is 1. The second kappa shape index (κ2) is 8.50.